The number of rotatable bonds is 4. The molecule has 0 aliphatic heterocycles. The molecule has 2 aromatic carbocycles. The van der Waals surface area contributed by atoms with Crippen LogP contribution in [0.15, 0.2) is 47.3 Å². The smallest absolute Gasteiger partial charge is 0.368 e. The van der Waals surface area contributed by atoms with Crippen LogP contribution in [-0.2, 0) is 11.9 Å². The Balaban J connectivity index is 2.29. The molecule has 2 N–H and O–H groups in total. The van der Waals surface area contributed by atoms with Gasteiger partial charge in [-0.15, -0.1) is 0 Å². The van der Waals surface area contributed by atoms with Crippen molar-refractivity contribution < 1.29 is 4.84 Å². The van der Waals surface area contributed by atoms with E-state index in [9.17, 15) is 4.79 Å². The molecule has 0 unspecified atom stereocenters. The van der Waals surface area contributed by atoms with Gasteiger partial charge in [0.25, 0.3) is 0 Å². The first-order valence-corrected chi connectivity index (χ1v) is 8.31. The molecule has 7 nitrogen and oxygen atoms in total. The maximum atomic E-state index is 12.3. The second-order valence-electron chi connectivity index (χ2n) is 5.51. The average molecular weight is 392 g/mol. The number of benzene rings is 2. The lowest BCUT2D eigenvalue weighted by Gasteiger charge is -2.15. The van der Waals surface area contributed by atoms with E-state index in [1.54, 1.807) is 30.3 Å². The van der Waals surface area contributed by atoms with Gasteiger partial charge in [-0.05, 0) is 47.2 Å². The largest absolute Gasteiger partial charge is 0.410 e. The number of hydrogen-bond acceptors (Lipinski definition) is 5. The third-order valence-electron chi connectivity index (χ3n) is 3.88. The summed E-state index contributed by atoms with van der Waals surface area (Å²) >= 11 is 12.5. The molecule has 3 rings (SSSR count). The van der Waals surface area contributed by atoms with E-state index < -0.39 is 5.69 Å². The molecule has 0 aliphatic carbocycles. The third-order valence-corrected chi connectivity index (χ3v) is 4.43. The number of tetrazole rings is 1. The highest BCUT2D eigenvalue weighted by Gasteiger charge is 2.21. The number of halogens is 2. The third kappa shape index (κ3) is 3.24. The number of hydrogen-bond donors (Lipinski definition) is 1. The highest BCUT2D eigenvalue weighted by molar-refractivity contribution is 6.33. The summed E-state index contributed by atoms with van der Waals surface area (Å²) < 4.78 is 2.24. The number of aromatic nitrogens is 4. The van der Waals surface area contributed by atoms with Gasteiger partial charge < -0.3 is 4.84 Å². The van der Waals surface area contributed by atoms with Crippen molar-refractivity contribution in [1.29, 1.82) is 0 Å². The van der Waals surface area contributed by atoms with Gasteiger partial charge in [-0.25, -0.2) is 4.79 Å². The van der Waals surface area contributed by atoms with Gasteiger partial charge in [0.15, 0.2) is 5.76 Å². The summed E-state index contributed by atoms with van der Waals surface area (Å²) in [5, 5.41) is 8.52. The molecule has 0 atom stereocenters. The molecule has 0 saturated heterocycles. The van der Waals surface area contributed by atoms with Gasteiger partial charge >= 0.3 is 5.69 Å². The molecule has 9 heteroatoms. The molecule has 0 amide bonds. The van der Waals surface area contributed by atoms with Crippen molar-refractivity contribution in [3.05, 3.63) is 74.1 Å². The van der Waals surface area contributed by atoms with Crippen molar-refractivity contribution >= 4 is 34.5 Å². The summed E-state index contributed by atoms with van der Waals surface area (Å²) in [7, 11) is 1.50. The summed E-state index contributed by atoms with van der Waals surface area (Å²) in [6, 6.07) is 12.3. The normalized spacial score (nSPS) is 12.0. The van der Waals surface area contributed by atoms with Gasteiger partial charge in [0, 0.05) is 17.6 Å². The molecule has 0 saturated carbocycles. The first-order chi connectivity index (χ1) is 12.4. The molecule has 1 aromatic heterocycles. The molecule has 0 aliphatic rings. The van der Waals surface area contributed by atoms with E-state index in [1.807, 2.05) is 19.1 Å². The van der Waals surface area contributed by atoms with Crippen LogP contribution in [0.4, 0.5) is 0 Å². The summed E-state index contributed by atoms with van der Waals surface area (Å²) in [5.41, 5.74) is 1.90. The van der Waals surface area contributed by atoms with Crippen molar-refractivity contribution in [2.75, 3.05) is 0 Å². The van der Waals surface area contributed by atoms with E-state index in [4.69, 9.17) is 33.9 Å². The average Bonchev–Trinajstić information content (AvgIpc) is 2.96. The van der Waals surface area contributed by atoms with Crippen LogP contribution in [0.25, 0.3) is 17.0 Å². The minimum atomic E-state index is -0.426. The Hall–Kier alpha value is -2.61. The lowest BCUT2D eigenvalue weighted by Crippen LogP contribution is -2.23. The van der Waals surface area contributed by atoms with Crippen molar-refractivity contribution in [3.8, 4) is 5.69 Å². The number of nitrogens with zero attached hydrogens (tertiary/aromatic N) is 4. The van der Waals surface area contributed by atoms with Crippen LogP contribution in [0, 0.1) is 0 Å². The molecule has 0 fully saturated rings. The Labute approximate surface area is 159 Å². The zero-order valence-corrected chi connectivity index (χ0v) is 15.5. The first-order valence-electron chi connectivity index (χ1n) is 7.56. The quantitative estimate of drug-likeness (QED) is 0.419. The zero-order chi connectivity index (χ0) is 18.8. The van der Waals surface area contributed by atoms with E-state index in [0.717, 1.165) is 14.9 Å². The van der Waals surface area contributed by atoms with Crippen molar-refractivity contribution in [2.45, 2.75) is 6.92 Å². The minimum absolute atomic E-state index is 0.297. The lowest BCUT2D eigenvalue weighted by molar-refractivity contribution is 0.291. The van der Waals surface area contributed by atoms with Crippen LogP contribution >= 0.6 is 23.2 Å². The standard InChI is InChI=1S/C17H15Cl2N5O2/c1-10(11-5-3-6-12(18)9-11)16(26-20)15-13(19)7-4-8-14(15)24-17(25)23(2)21-22-24/h3-9H,20H2,1-2H3/b16-10+. The molecule has 0 radical (unpaired) electrons. The Kier molecular flexibility index (Phi) is 5.13. The van der Waals surface area contributed by atoms with Gasteiger partial charge in [0.1, 0.15) is 0 Å². The second kappa shape index (κ2) is 7.33. The molecule has 1 heterocycles. The molecule has 3 aromatic rings. The van der Waals surface area contributed by atoms with Crippen LogP contribution in [0.5, 0.6) is 0 Å². The van der Waals surface area contributed by atoms with Gasteiger partial charge in [-0.2, -0.15) is 15.3 Å². The molecule has 0 spiro atoms. The number of nitrogens with two attached hydrogens (primary N) is 1. The van der Waals surface area contributed by atoms with E-state index >= 15 is 0 Å². The van der Waals surface area contributed by atoms with Crippen molar-refractivity contribution in [3.63, 3.8) is 0 Å². The Morgan fingerprint density at radius 3 is 2.50 bits per heavy atom. The van der Waals surface area contributed by atoms with Crippen molar-refractivity contribution in [1.82, 2.24) is 19.8 Å². The topological polar surface area (TPSA) is 88.0 Å². The molecule has 26 heavy (non-hydrogen) atoms. The summed E-state index contributed by atoms with van der Waals surface area (Å²) in [6.07, 6.45) is 0. The van der Waals surface area contributed by atoms with Crippen LogP contribution in [0.3, 0.4) is 0 Å². The summed E-state index contributed by atoms with van der Waals surface area (Å²) in [6.45, 7) is 1.82. The fourth-order valence-electron chi connectivity index (χ4n) is 2.57. The van der Waals surface area contributed by atoms with Gasteiger partial charge in [-0.1, -0.05) is 41.4 Å². The zero-order valence-electron chi connectivity index (χ0n) is 14.0. The van der Waals surface area contributed by atoms with Gasteiger partial charge in [-0.3, -0.25) is 0 Å². The predicted octanol–water partition coefficient (Wildman–Crippen LogP) is 3.05. The molecule has 0 bridgehead atoms. The first kappa shape index (κ1) is 18.2. The summed E-state index contributed by atoms with van der Waals surface area (Å²) in [4.78, 5) is 17.4. The highest BCUT2D eigenvalue weighted by atomic mass is 35.5. The summed E-state index contributed by atoms with van der Waals surface area (Å²) in [5.74, 6) is 5.86. The fraction of sp³-hybridized carbons (Fsp3) is 0.118. The maximum absolute atomic E-state index is 12.3. The van der Waals surface area contributed by atoms with E-state index in [0.29, 0.717) is 32.6 Å². The van der Waals surface area contributed by atoms with Crippen LogP contribution in [-0.4, -0.2) is 19.8 Å². The molecule has 134 valence electrons. The molecular weight excluding hydrogens is 377 g/mol. The highest BCUT2D eigenvalue weighted by Crippen LogP contribution is 2.34. The SMILES string of the molecule is C/C(=C(\ON)c1c(Cl)cccc1-n1nnn(C)c1=O)c1cccc(Cl)c1. The maximum Gasteiger partial charge on any atom is 0.368 e. The van der Waals surface area contributed by atoms with E-state index in [1.165, 1.54) is 7.05 Å². The lowest BCUT2D eigenvalue weighted by atomic mass is 10.0. The van der Waals surface area contributed by atoms with Gasteiger partial charge in [0.05, 0.1) is 16.3 Å². The monoisotopic (exact) mass is 391 g/mol. The van der Waals surface area contributed by atoms with Crippen molar-refractivity contribution in [2.24, 2.45) is 12.9 Å². The Morgan fingerprint density at radius 2 is 1.88 bits per heavy atom. The Bertz CT molecular complexity index is 1060. The number of aryl methyl sites for hydroxylation is 1. The van der Waals surface area contributed by atoms with Crippen LogP contribution < -0.4 is 11.6 Å². The van der Waals surface area contributed by atoms with Crippen LogP contribution in [0.1, 0.15) is 18.1 Å². The van der Waals surface area contributed by atoms with Gasteiger partial charge in [0.2, 0.25) is 0 Å². The Morgan fingerprint density at radius 1 is 1.15 bits per heavy atom. The van der Waals surface area contributed by atoms with E-state index in [-0.39, 0.29) is 0 Å². The van der Waals surface area contributed by atoms with E-state index in [2.05, 4.69) is 10.4 Å². The number of allylic oxidation sites excluding steroid dienone is 1. The van der Waals surface area contributed by atoms with Crippen LogP contribution in [0.2, 0.25) is 10.0 Å². The predicted molar refractivity (Wildman–Crippen MR) is 101 cm³/mol. The second-order valence-corrected chi connectivity index (χ2v) is 6.36. The fourth-order valence-corrected chi connectivity index (χ4v) is 3.01. The molecular formula is C17H15Cl2N5O2. The minimum Gasteiger partial charge on any atom is -0.410 e.